The van der Waals surface area contributed by atoms with Gasteiger partial charge in [-0.1, -0.05) is 12.1 Å². The van der Waals surface area contributed by atoms with Gasteiger partial charge in [-0.05, 0) is 23.8 Å². The molecule has 0 saturated heterocycles. The summed E-state index contributed by atoms with van der Waals surface area (Å²) in [7, 11) is 1.74. The van der Waals surface area contributed by atoms with Crippen LogP contribution in [0.1, 0.15) is 21.5 Å². The number of nitriles is 1. The van der Waals surface area contributed by atoms with Crippen molar-refractivity contribution in [1.29, 1.82) is 5.26 Å². The second-order valence-electron chi connectivity index (χ2n) is 4.61. The van der Waals surface area contributed by atoms with Crippen LogP contribution in [0.5, 0.6) is 0 Å². The smallest absolute Gasteiger partial charge is 0.339 e. The normalized spacial score (nSPS) is 9.90. The standard InChI is InChI=1S/C15H14N4O2/c1-19(9-11-4-2-3-10(5-11)7-16)14-13(15(20)21)6-12(17)8-18-14/h2-6,8H,9,17H2,1H3,(H,20,21). The number of nitrogen functional groups attached to an aromatic ring is 1. The van der Waals surface area contributed by atoms with Gasteiger partial charge in [0.1, 0.15) is 11.4 Å². The number of benzene rings is 1. The number of hydrogen-bond acceptors (Lipinski definition) is 5. The van der Waals surface area contributed by atoms with Crippen LogP contribution < -0.4 is 10.6 Å². The lowest BCUT2D eigenvalue weighted by atomic mass is 10.1. The molecule has 0 aliphatic carbocycles. The van der Waals surface area contributed by atoms with Gasteiger partial charge >= 0.3 is 5.97 Å². The molecule has 0 bridgehead atoms. The highest BCUT2D eigenvalue weighted by atomic mass is 16.4. The van der Waals surface area contributed by atoms with Crippen molar-refractivity contribution in [3.8, 4) is 6.07 Å². The third kappa shape index (κ3) is 3.28. The van der Waals surface area contributed by atoms with Crippen molar-refractivity contribution in [2.24, 2.45) is 0 Å². The Hall–Kier alpha value is -3.07. The quantitative estimate of drug-likeness (QED) is 0.887. The Morgan fingerprint density at radius 1 is 1.48 bits per heavy atom. The molecule has 2 rings (SSSR count). The van der Waals surface area contributed by atoms with Gasteiger partial charge in [0.2, 0.25) is 0 Å². The topological polar surface area (TPSA) is 103 Å². The van der Waals surface area contributed by atoms with Crippen molar-refractivity contribution < 1.29 is 9.90 Å². The Balaban J connectivity index is 2.30. The van der Waals surface area contributed by atoms with E-state index in [2.05, 4.69) is 11.1 Å². The second kappa shape index (κ2) is 5.92. The van der Waals surface area contributed by atoms with Crippen LogP contribution in [0, 0.1) is 11.3 Å². The molecule has 0 unspecified atom stereocenters. The minimum absolute atomic E-state index is 0.0499. The molecule has 1 aromatic carbocycles. The number of carboxylic acid groups (broad SMARTS) is 1. The molecule has 106 valence electrons. The summed E-state index contributed by atoms with van der Waals surface area (Å²) in [6, 6.07) is 10.6. The first-order chi connectivity index (χ1) is 10.0. The summed E-state index contributed by atoms with van der Waals surface area (Å²) in [5.74, 6) is -0.749. The van der Waals surface area contributed by atoms with Gasteiger partial charge in [0.05, 0.1) is 23.5 Å². The lowest BCUT2D eigenvalue weighted by Gasteiger charge is -2.20. The van der Waals surface area contributed by atoms with E-state index >= 15 is 0 Å². The predicted molar refractivity (Wildman–Crippen MR) is 78.9 cm³/mol. The Kier molecular flexibility index (Phi) is 4.05. The Morgan fingerprint density at radius 3 is 2.90 bits per heavy atom. The molecule has 6 heteroatoms. The number of rotatable bonds is 4. The molecule has 6 nitrogen and oxygen atoms in total. The number of aromatic carboxylic acids is 1. The summed E-state index contributed by atoms with van der Waals surface area (Å²) < 4.78 is 0. The number of anilines is 2. The van der Waals surface area contributed by atoms with Crippen molar-refractivity contribution in [2.45, 2.75) is 6.54 Å². The van der Waals surface area contributed by atoms with Crippen molar-refractivity contribution in [2.75, 3.05) is 17.7 Å². The van der Waals surface area contributed by atoms with E-state index in [0.717, 1.165) is 5.56 Å². The number of nitrogens with two attached hydrogens (primary N) is 1. The largest absolute Gasteiger partial charge is 0.478 e. The number of nitrogens with zero attached hydrogens (tertiary/aromatic N) is 3. The monoisotopic (exact) mass is 282 g/mol. The van der Waals surface area contributed by atoms with Gasteiger partial charge in [0, 0.05) is 13.6 Å². The van der Waals surface area contributed by atoms with Gasteiger partial charge in [0.25, 0.3) is 0 Å². The first-order valence-corrected chi connectivity index (χ1v) is 6.20. The summed E-state index contributed by atoms with van der Waals surface area (Å²) in [5.41, 5.74) is 7.38. The van der Waals surface area contributed by atoms with Crippen LogP contribution in [0.3, 0.4) is 0 Å². The van der Waals surface area contributed by atoms with Gasteiger partial charge in [0.15, 0.2) is 0 Å². The number of pyridine rings is 1. The highest BCUT2D eigenvalue weighted by molar-refractivity contribution is 5.94. The molecule has 0 radical (unpaired) electrons. The molecule has 2 aromatic rings. The van der Waals surface area contributed by atoms with E-state index < -0.39 is 5.97 Å². The average molecular weight is 282 g/mol. The molecule has 3 N–H and O–H groups in total. The molecule has 0 atom stereocenters. The highest BCUT2D eigenvalue weighted by Gasteiger charge is 2.16. The van der Waals surface area contributed by atoms with Crippen molar-refractivity contribution in [3.05, 3.63) is 53.2 Å². The maximum Gasteiger partial charge on any atom is 0.339 e. The third-order valence-corrected chi connectivity index (χ3v) is 2.96. The van der Waals surface area contributed by atoms with E-state index in [4.69, 9.17) is 11.0 Å². The van der Waals surface area contributed by atoms with Crippen molar-refractivity contribution in [1.82, 2.24) is 4.98 Å². The molecule has 0 aliphatic rings. The molecule has 0 fully saturated rings. The van der Waals surface area contributed by atoms with Crippen LogP contribution in [0.2, 0.25) is 0 Å². The molecule has 21 heavy (non-hydrogen) atoms. The fraction of sp³-hybridized carbons (Fsp3) is 0.133. The highest BCUT2D eigenvalue weighted by Crippen LogP contribution is 2.21. The molecule has 0 saturated carbocycles. The molecule has 0 amide bonds. The molecule has 0 spiro atoms. The van der Waals surface area contributed by atoms with E-state index in [1.165, 1.54) is 12.3 Å². The van der Waals surface area contributed by atoms with Crippen molar-refractivity contribution in [3.63, 3.8) is 0 Å². The van der Waals surface area contributed by atoms with Gasteiger partial charge in [-0.3, -0.25) is 0 Å². The zero-order valence-electron chi connectivity index (χ0n) is 11.4. The van der Waals surface area contributed by atoms with Gasteiger partial charge in [-0.25, -0.2) is 9.78 Å². The van der Waals surface area contributed by atoms with E-state index in [-0.39, 0.29) is 5.56 Å². The Morgan fingerprint density at radius 2 is 2.24 bits per heavy atom. The average Bonchev–Trinajstić information content (AvgIpc) is 2.47. The van der Waals surface area contributed by atoms with E-state index in [1.54, 1.807) is 30.1 Å². The maximum absolute atomic E-state index is 11.3. The number of carboxylic acids is 1. The summed E-state index contributed by atoms with van der Waals surface area (Å²) in [5, 5.41) is 18.1. The summed E-state index contributed by atoms with van der Waals surface area (Å²) in [6.45, 7) is 0.437. The zero-order chi connectivity index (χ0) is 15.4. The molecular formula is C15H14N4O2. The van der Waals surface area contributed by atoms with Crippen LogP contribution in [0.4, 0.5) is 11.5 Å². The van der Waals surface area contributed by atoms with Crippen LogP contribution in [-0.4, -0.2) is 23.1 Å². The molecule has 1 heterocycles. The first kappa shape index (κ1) is 14.3. The minimum Gasteiger partial charge on any atom is -0.478 e. The third-order valence-electron chi connectivity index (χ3n) is 2.96. The van der Waals surface area contributed by atoms with E-state index in [9.17, 15) is 9.90 Å². The Labute approximate surface area is 122 Å². The predicted octanol–water partition coefficient (Wildman–Crippen LogP) is 1.87. The number of hydrogen-bond donors (Lipinski definition) is 2. The van der Waals surface area contributed by atoms with Gasteiger partial charge in [-0.15, -0.1) is 0 Å². The Bertz CT molecular complexity index is 722. The number of carbonyl (C=O) groups is 1. The maximum atomic E-state index is 11.3. The first-order valence-electron chi connectivity index (χ1n) is 6.20. The van der Waals surface area contributed by atoms with E-state index in [1.807, 2.05) is 6.07 Å². The summed E-state index contributed by atoms with van der Waals surface area (Å²) >= 11 is 0. The second-order valence-corrected chi connectivity index (χ2v) is 4.61. The van der Waals surface area contributed by atoms with Crippen LogP contribution >= 0.6 is 0 Å². The summed E-state index contributed by atoms with van der Waals surface area (Å²) in [4.78, 5) is 17.1. The summed E-state index contributed by atoms with van der Waals surface area (Å²) in [6.07, 6.45) is 1.42. The number of aromatic nitrogens is 1. The molecule has 1 aromatic heterocycles. The van der Waals surface area contributed by atoms with Gasteiger partial charge < -0.3 is 15.7 Å². The lowest BCUT2D eigenvalue weighted by Crippen LogP contribution is -2.21. The SMILES string of the molecule is CN(Cc1cccc(C#N)c1)c1ncc(N)cc1C(=O)O. The zero-order valence-corrected chi connectivity index (χ0v) is 11.4. The lowest BCUT2D eigenvalue weighted by molar-refractivity contribution is 0.0697. The molecular weight excluding hydrogens is 268 g/mol. The molecule has 0 aliphatic heterocycles. The van der Waals surface area contributed by atoms with Crippen LogP contribution in [-0.2, 0) is 6.54 Å². The van der Waals surface area contributed by atoms with Gasteiger partial charge in [-0.2, -0.15) is 5.26 Å². The fourth-order valence-corrected chi connectivity index (χ4v) is 2.02. The minimum atomic E-state index is -1.08. The van der Waals surface area contributed by atoms with Crippen LogP contribution in [0.25, 0.3) is 0 Å². The van der Waals surface area contributed by atoms with Crippen molar-refractivity contribution >= 4 is 17.5 Å². The van der Waals surface area contributed by atoms with Crippen LogP contribution in [0.15, 0.2) is 36.5 Å². The van der Waals surface area contributed by atoms with E-state index in [0.29, 0.717) is 23.6 Å². The fourth-order valence-electron chi connectivity index (χ4n) is 2.02.